The maximum atomic E-state index is 14.1. The Balaban J connectivity index is 1.30. The van der Waals surface area contributed by atoms with Crippen molar-refractivity contribution in [1.29, 1.82) is 0 Å². The molecule has 1 N–H and O–H groups in total. The van der Waals surface area contributed by atoms with Gasteiger partial charge >= 0.3 is 0 Å². The first-order valence-electron chi connectivity index (χ1n) is 13.3. The van der Waals surface area contributed by atoms with Crippen LogP contribution < -0.4 is 15.0 Å². The lowest BCUT2D eigenvalue weighted by Gasteiger charge is -2.35. The average Bonchev–Trinajstić information content (AvgIpc) is 2.91. The molecule has 0 aliphatic carbocycles. The molecule has 2 aromatic carbocycles. The summed E-state index contributed by atoms with van der Waals surface area (Å²) >= 11 is 0. The minimum atomic E-state index is -0.663. The number of rotatable bonds is 8. The van der Waals surface area contributed by atoms with Crippen LogP contribution in [0.2, 0.25) is 0 Å². The smallest absolute Gasteiger partial charge is 0.172 e. The fourth-order valence-electron chi connectivity index (χ4n) is 4.94. The van der Waals surface area contributed by atoms with Gasteiger partial charge in [0.05, 0.1) is 11.4 Å². The van der Waals surface area contributed by atoms with Crippen LogP contribution in [0.5, 0.6) is 5.75 Å². The molecule has 1 aromatic heterocycles. The third-order valence-corrected chi connectivity index (χ3v) is 7.24. The molecular formula is C29H35F2N5O. The molecule has 0 amide bonds. The van der Waals surface area contributed by atoms with E-state index in [1.54, 1.807) is 0 Å². The second-order valence-corrected chi connectivity index (χ2v) is 10.1. The molecule has 8 heteroatoms. The number of nitrogens with zero attached hydrogens (tertiary/aromatic N) is 4. The maximum absolute atomic E-state index is 14.1. The van der Waals surface area contributed by atoms with Gasteiger partial charge in [0, 0.05) is 64.1 Å². The monoisotopic (exact) mass is 507 g/mol. The van der Waals surface area contributed by atoms with Crippen molar-refractivity contribution in [3.8, 4) is 5.75 Å². The molecule has 1 saturated heterocycles. The largest absolute Gasteiger partial charge is 0.487 e. The third kappa shape index (κ3) is 6.18. The predicted octanol–water partition coefficient (Wildman–Crippen LogP) is 5.57. The zero-order chi connectivity index (χ0) is 25.8. The molecule has 0 bridgehead atoms. The van der Waals surface area contributed by atoms with Crippen molar-refractivity contribution in [3.05, 3.63) is 77.1 Å². The molecule has 5 rings (SSSR count). The molecule has 1 unspecified atom stereocenters. The topological polar surface area (TPSA) is 53.5 Å². The summed E-state index contributed by atoms with van der Waals surface area (Å²) in [4.78, 5) is 14.9. The fraction of sp³-hybridized carbons (Fsp3) is 0.448. The summed E-state index contributed by atoms with van der Waals surface area (Å²) in [7, 11) is 0. The number of benzene rings is 2. The van der Waals surface area contributed by atoms with Gasteiger partial charge in [0.25, 0.3) is 0 Å². The highest BCUT2D eigenvalue weighted by atomic mass is 19.1. The Morgan fingerprint density at radius 1 is 1.03 bits per heavy atom. The lowest BCUT2D eigenvalue weighted by atomic mass is 10.1. The van der Waals surface area contributed by atoms with Crippen LogP contribution in [0.4, 0.5) is 20.4 Å². The Bertz CT molecular complexity index is 1200. The van der Waals surface area contributed by atoms with Crippen LogP contribution in [-0.2, 0) is 19.5 Å². The molecule has 3 heterocycles. The number of hydrogen-bond donors (Lipinski definition) is 1. The van der Waals surface area contributed by atoms with Gasteiger partial charge < -0.3 is 15.0 Å². The van der Waals surface area contributed by atoms with Crippen LogP contribution in [0, 0.1) is 11.6 Å². The van der Waals surface area contributed by atoms with E-state index < -0.39 is 11.6 Å². The first-order chi connectivity index (χ1) is 18.0. The summed E-state index contributed by atoms with van der Waals surface area (Å²) in [5.74, 6) is 0.563. The van der Waals surface area contributed by atoms with Gasteiger partial charge in [-0.25, -0.2) is 18.7 Å². The van der Waals surface area contributed by atoms with Crippen molar-refractivity contribution in [2.45, 2.75) is 64.8 Å². The lowest BCUT2D eigenvalue weighted by Crippen LogP contribution is -2.40. The number of hydrogen-bond acceptors (Lipinski definition) is 6. The van der Waals surface area contributed by atoms with Gasteiger partial charge in [-0.15, -0.1) is 0 Å². The van der Waals surface area contributed by atoms with Crippen molar-refractivity contribution in [1.82, 2.24) is 14.9 Å². The summed E-state index contributed by atoms with van der Waals surface area (Å²) in [6, 6.07) is 14.3. The van der Waals surface area contributed by atoms with E-state index in [1.165, 1.54) is 17.7 Å². The number of aromatic nitrogens is 2. The van der Waals surface area contributed by atoms with Gasteiger partial charge in [-0.2, -0.15) is 0 Å². The van der Waals surface area contributed by atoms with Gasteiger partial charge in [-0.05, 0) is 31.0 Å². The molecule has 2 aliphatic rings. The Morgan fingerprint density at radius 3 is 2.54 bits per heavy atom. The first-order valence-corrected chi connectivity index (χ1v) is 13.3. The van der Waals surface area contributed by atoms with Gasteiger partial charge in [0.15, 0.2) is 23.2 Å². The Labute approximate surface area is 217 Å². The van der Waals surface area contributed by atoms with Gasteiger partial charge in [-0.3, -0.25) is 4.90 Å². The van der Waals surface area contributed by atoms with E-state index in [4.69, 9.17) is 14.7 Å². The van der Waals surface area contributed by atoms with Crippen LogP contribution in [-0.4, -0.2) is 46.6 Å². The van der Waals surface area contributed by atoms with Crippen molar-refractivity contribution >= 4 is 11.6 Å². The molecular weight excluding hydrogens is 472 g/mol. The quantitative estimate of drug-likeness (QED) is 0.430. The standard InChI is InChI=1S/C29H35F2N5O/c1-3-20(2)32-28-29(36-15-11-23(12-16-36)37-27-10-9-22(30)17-24(27)31)34-25-13-14-35(19-26(25)33-28)18-21-7-5-4-6-8-21/h4-10,17,20,23H,3,11-16,18-19H2,1-2H3,(H,32,33). The highest BCUT2D eigenvalue weighted by Gasteiger charge is 2.28. The van der Waals surface area contributed by atoms with E-state index in [-0.39, 0.29) is 17.9 Å². The van der Waals surface area contributed by atoms with Crippen LogP contribution >= 0.6 is 0 Å². The number of nitrogens with one attached hydrogen (secondary N) is 1. The van der Waals surface area contributed by atoms with Crippen molar-refractivity contribution in [2.24, 2.45) is 0 Å². The van der Waals surface area contributed by atoms with E-state index in [9.17, 15) is 8.78 Å². The van der Waals surface area contributed by atoms with Crippen LogP contribution in [0.25, 0.3) is 0 Å². The van der Waals surface area contributed by atoms with E-state index in [0.717, 1.165) is 87.5 Å². The van der Waals surface area contributed by atoms with E-state index in [2.05, 4.69) is 53.2 Å². The Hall–Kier alpha value is -3.26. The zero-order valence-corrected chi connectivity index (χ0v) is 21.6. The van der Waals surface area contributed by atoms with Crippen molar-refractivity contribution in [3.63, 3.8) is 0 Å². The maximum Gasteiger partial charge on any atom is 0.172 e. The minimum absolute atomic E-state index is 0.104. The fourth-order valence-corrected chi connectivity index (χ4v) is 4.94. The number of halogens is 2. The van der Waals surface area contributed by atoms with Gasteiger partial charge in [-0.1, -0.05) is 37.3 Å². The molecule has 196 valence electrons. The summed E-state index contributed by atoms with van der Waals surface area (Å²) in [5.41, 5.74) is 3.42. The summed E-state index contributed by atoms with van der Waals surface area (Å²) in [5, 5.41) is 3.59. The molecule has 6 nitrogen and oxygen atoms in total. The Kier molecular flexibility index (Phi) is 7.84. The van der Waals surface area contributed by atoms with Crippen LogP contribution in [0.15, 0.2) is 48.5 Å². The van der Waals surface area contributed by atoms with E-state index in [0.29, 0.717) is 0 Å². The normalized spacial score (nSPS) is 17.4. The van der Waals surface area contributed by atoms with Crippen molar-refractivity contribution in [2.75, 3.05) is 29.9 Å². The molecule has 1 fully saturated rings. The third-order valence-electron chi connectivity index (χ3n) is 7.24. The molecule has 2 aliphatic heterocycles. The molecule has 3 aromatic rings. The van der Waals surface area contributed by atoms with Crippen molar-refractivity contribution < 1.29 is 13.5 Å². The molecule has 0 saturated carbocycles. The summed E-state index contributed by atoms with van der Waals surface area (Å²) in [6.45, 7) is 8.41. The Morgan fingerprint density at radius 2 is 1.81 bits per heavy atom. The average molecular weight is 508 g/mol. The number of piperidine rings is 1. The predicted molar refractivity (Wildman–Crippen MR) is 142 cm³/mol. The first kappa shape index (κ1) is 25.4. The second kappa shape index (κ2) is 11.4. The molecule has 0 spiro atoms. The van der Waals surface area contributed by atoms with E-state index in [1.807, 2.05) is 6.07 Å². The molecule has 0 radical (unpaired) electrons. The summed E-state index contributed by atoms with van der Waals surface area (Å²) < 4.78 is 33.2. The highest BCUT2D eigenvalue weighted by molar-refractivity contribution is 5.62. The summed E-state index contributed by atoms with van der Waals surface area (Å²) in [6.07, 6.45) is 3.18. The van der Waals surface area contributed by atoms with Gasteiger partial charge in [0.2, 0.25) is 0 Å². The van der Waals surface area contributed by atoms with Crippen LogP contribution in [0.3, 0.4) is 0 Å². The van der Waals surface area contributed by atoms with Crippen LogP contribution in [0.1, 0.15) is 50.1 Å². The zero-order valence-electron chi connectivity index (χ0n) is 21.6. The SMILES string of the molecule is CCC(C)Nc1nc2c(nc1N1CCC(Oc3ccc(F)cc3F)CC1)CCN(Cc1ccccc1)C2. The number of fused-ring (bicyclic) bond motifs is 1. The second-order valence-electron chi connectivity index (χ2n) is 10.1. The molecule has 1 atom stereocenters. The highest BCUT2D eigenvalue weighted by Crippen LogP contribution is 2.31. The van der Waals surface area contributed by atoms with E-state index >= 15 is 0 Å². The number of anilines is 2. The minimum Gasteiger partial charge on any atom is -0.487 e. The lowest BCUT2D eigenvalue weighted by molar-refractivity contribution is 0.163. The number of ether oxygens (including phenoxy) is 1. The van der Waals surface area contributed by atoms with Gasteiger partial charge in [0.1, 0.15) is 11.9 Å². The molecule has 37 heavy (non-hydrogen) atoms.